The zero-order chi connectivity index (χ0) is 30.3. The van der Waals surface area contributed by atoms with Crippen molar-refractivity contribution in [1.29, 1.82) is 0 Å². The fourth-order valence-electron chi connectivity index (χ4n) is 4.73. The van der Waals surface area contributed by atoms with Crippen LogP contribution in [-0.2, 0) is 16.1 Å². The molecule has 0 aliphatic carbocycles. The molecule has 0 unspecified atom stereocenters. The molecule has 0 saturated heterocycles. The number of hydrogen-bond donors (Lipinski definition) is 0. The Morgan fingerprint density at radius 3 is 1.52 bits per heavy atom. The summed E-state index contributed by atoms with van der Waals surface area (Å²) in [6, 6.07) is 11.9. The third-order valence-corrected chi connectivity index (χ3v) is 7.24. The van der Waals surface area contributed by atoms with Crippen LogP contribution in [0.15, 0.2) is 48.5 Å². The third-order valence-electron chi connectivity index (χ3n) is 7.24. The molecule has 0 bridgehead atoms. The minimum atomic E-state index is -0.923. The highest BCUT2D eigenvalue weighted by Gasteiger charge is 2.10. The van der Waals surface area contributed by atoms with Crippen LogP contribution in [0.1, 0.15) is 128 Å². The first-order chi connectivity index (χ1) is 20.5. The summed E-state index contributed by atoms with van der Waals surface area (Å²) in [6.07, 6.45) is 21.6. The van der Waals surface area contributed by atoms with Crippen LogP contribution < -0.4 is 9.47 Å². The van der Waals surface area contributed by atoms with Crippen LogP contribution in [-0.4, -0.2) is 17.0 Å². The van der Waals surface area contributed by atoms with Crippen molar-refractivity contribution in [1.82, 2.24) is 0 Å². The first-order valence-corrected chi connectivity index (χ1v) is 15.9. The smallest absolute Gasteiger partial charge is 0.429 e. The van der Waals surface area contributed by atoms with E-state index in [1.54, 1.807) is 24.3 Å². The molecule has 0 fully saturated rings. The summed E-state index contributed by atoms with van der Waals surface area (Å²) in [5, 5.41) is 10.7. The van der Waals surface area contributed by atoms with E-state index < -0.39 is 11.1 Å². The van der Waals surface area contributed by atoms with Gasteiger partial charge in [0.1, 0.15) is 18.1 Å². The van der Waals surface area contributed by atoms with E-state index in [0.29, 0.717) is 17.7 Å². The van der Waals surface area contributed by atoms with Gasteiger partial charge in [-0.3, -0.25) is 14.9 Å². The van der Waals surface area contributed by atoms with Crippen LogP contribution in [0.5, 0.6) is 11.5 Å². The molecule has 232 valence electrons. The number of carbonyl (C=O) groups excluding carboxylic acids is 2. The highest BCUT2D eigenvalue weighted by Crippen LogP contribution is 2.19. The summed E-state index contributed by atoms with van der Waals surface area (Å²) >= 11 is 0. The topological polar surface area (TPSA) is 105 Å². The summed E-state index contributed by atoms with van der Waals surface area (Å²) < 4.78 is 15.5. The first kappa shape index (κ1) is 34.8. The van der Waals surface area contributed by atoms with Crippen LogP contribution >= 0.6 is 0 Å². The second-order valence-corrected chi connectivity index (χ2v) is 10.9. The van der Waals surface area contributed by atoms with E-state index in [2.05, 4.69) is 6.92 Å². The van der Waals surface area contributed by atoms with E-state index in [1.807, 2.05) is 0 Å². The SMILES string of the molecule is CCCCCCCCCCCCCCCCCCCC(=O)Oc1ccc(COC(=O)Oc2ccc([N+](=O)[O-])cc2)cc1. The summed E-state index contributed by atoms with van der Waals surface area (Å²) in [7, 11) is 0. The minimum Gasteiger partial charge on any atom is -0.429 e. The molecule has 0 aliphatic rings. The Kier molecular flexibility index (Phi) is 18.4. The van der Waals surface area contributed by atoms with Crippen LogP contribution in [0.4, 0.5) is 10.5 Å². The van der Waals surface area contributed by atoms with Crippen molar-refractivity contribution in [2.24, 2.45) is 0 Å². The maximum Gasteiger partial charge on any atom is 0.514 e. The van der Waals surface area contributed by atoms with Gasteiger partial charge in [0.25, 0.3) is 5.69 Å². The molecule has 0 radical (unpaired) electrons. The van der Waals surface area contributed by atoms with E-state index in [0.717, 1.165) is 19.3 Å². The standard InChI is InChI=1S/C34H49NO7/c1-2-3-4-5-6-7-8-9-10-11-12-13-14-15-16-17-18-19-33(36)41-31-24-20-29(21-25-31)28-40-34(37)42-32-26-22-30(23-27-32)35(38)39/h20-27H,2-19,28H2,1H3. The van der Waals surface area contributed by atoms with Gasteiger partial charge in [0.15, 0.2) is 0 Å². The maximum atomic E-state index is 12.2. The van der Waals surface area contributed by atoms with Gasteiger partial charge in [-0.05, 0) is 36.2 Å². The Morgan fingerprint density at radius 2 is 1.05 bits per heavy atom. The molecule has 2 rings (SSSR count). The molecular formula is C34H49NO7. The van der Waals surface area contributed by atoms with Gasteiger partial charge in [0.05, 0.1) is 4.92 Å². The first-order valence-electron chi connectivity index (χ1n) is 15.9. The molecule has 0 aromatic heterocycles. The molecule has 8 heteroatoms. The predicted octanol–water partition coefficient (Wildman–Crippen LogP) is 10.3. The van der Waals surface area contributed by atoms with Crippen LogP contribution in [0.25, 0.3) is 0 Å². The zero-order valence-electron chi connectivity index (χ0n) is 25.4. The Hall–Kier alpha value is -3.42. The molecule has 0 heterocycles. The van der Waals surface area contributed by atoms with Crippen LogP contribution in [0, 0.1) is 10.1 Å². The molecule has 0 N–H and O–H groups in total. The third kappa shape index (κ3) is 16.7. The zero-order valence-corrected chi connectivity index (χ0v) is 25.4. The van der Waals surface area contributed by atoms with Crippen LogP contribution in [0.3, 0.4) is 0 Å². The molecule has 0 atom stereocenters. The summed E-state index contributed by atoms with van der Waals surface area (Å²) in [5.74, 6) is 0.350. The molecule has 0 aliphatic heterocycles. The van der Waals surface area contributed by atoms with E-state index >= 15 is 0 Å². The van der Waals surface area contributed by atoms with Crippen molar-refractivity contribution < 1.29 is 28.7 Å². The Balaban J connectivity index is 1.43. The highest BCUT2D eigenvalue weighted by atomic mass is 16.7. The largest absolute Gasteiger partial charge is 0.514 e. The number of ether oxygens (including phenoxy) is 3. The van der Waals surface area contributed by atoms with E-state index in [1.165, 1.54) is 114 Å². The lowest BCUT2D eigenvalue weighted by atomic mass is 10.0. The molecular weight excluding hydrogens is 534 g/mol. The lowest BCUT2D eigenvalue weighted by Crippen LogP contribution is -2.10. The molecule has 0 amide bonds. The number of nitro groups is 1. The maximum absolute atomic E-state index is 12.2. The van der Waals surface area contributed by atoms with Crippen molar-refractivity contribution in [3.63, 3.8) is 0 Å². The molecule has 42 heavy (non-hydrogen) atoms. The van der Waals surface area contributed by atoms with Crippen molar-refractivity contribution in [3.8, 4) is 11.5 Å². The van der Waals surface area contributed by atoms with Gasteiger partial charge in [-0.15, -0.1) is 0 Å². The lowest BCUT2D eigenvalue weighted by molar-refractivity contribution is -0.384. The fraction of sp³-hybridized carbons (Fsp3) is 0.588. The van der Waals surface area contributed by atoms with Crippen molar-refractivity contribution in [2.75, 3.05) is 0 Å². The quantitative estimate of drug-likeness (QED) is 0.0320. The van der Waals surface area contributed by atoms with Gasteiger partial charge in [-0.2, -0.15) is 0 Å². The number of carbonyl (C=O) groups is 2. The second kappa shape index (κ2) is 22.2. The van der Waals surface area contributed by atoms with Crippen molar-refractivity contribution >= 4 is 17.8 Å². The van der Waals surface area contributed by atoms with E-state index in [4.69, 9.17) is 14.2 Å². The number of unbranched alkanes of at least 4 members (excludes halogenated alkanes) is 16. The molecule has 2 aromatic carbocycles. The number of non-ortho nitro benzene ring substituents is 1. The minimum absolute atomic E-state index is 0.0285. The molecule has 0 spiro atoms. The normalized spacial score (nSPS) is 10.8. The summed E-state index contributed by atoms with van der Waals surface area (Å²) in [5.41, 5.74) is 0.598. The number of esters is 1. The average Bonchev–Trinajstić information content (AvgIpc) is 2.98. The van der Waals surface area contributed by atoms with E-state index in [9.17, 15) is 19.7 Å². The van der Waals surface area contributed by atoms with Crippen molar-refractivity contribution in [2.45, 2.75) is 129 Å². The Labute approximate surface area is 251 Å². The summed E-state index contributed by atoms with van der Waals surface area (Å²) in [6.45, 7) is 2.24. The van der Waals surface area contributed by atoms with Gasteiger partial charge < -0.3 is 14.2 Å². The highest BCUT2D eigenvalue weighted by molar-refractivity contribution is 5.72. The Morgan fingerprint density at radius 1 is 0.619 bits per heavy atom. The van der Waals surface area contributed by atoms with Gasteiger partial charge in [0.2, 0.25) is 0 Å². The van der Waals surface area contributed by atoms with Gasteiger partial charge in [0, 0.05) is 18.6 Å². The number of nitro benzene ring substituents is 1. The number of hydrogen-bond acceptors (Lipinski definition) is 7. The monoisotopic (exact) mass is 583 g/mol. The van der Waals surface area contributed by atoms with Crippen LogP contribution in [0.2, 0.25) is 0 Å². The second-order valence-electron chi connectivity index (χ2n) is 10.9. The Bertz CT molecular complexity index is 1020. The fourth-order valence-corrected chi connectivity index (χ4v) is 4.73. The lowest BCUT2D eigenvalue weighted by Gasteiger charge is -2.08. The van der Waals surface area contributed by atoms with Gasteiger partial charge >= 0.3 is 12.1 Å². The number of benzene rings is 2. The number of nitrogens with zero attached hydrogens (tertiary/aromatic N) is 1. The number of rotatable bonds is 23. The molecule has 8 nitrogen and oxygen atoms in total. The van der Waals surface area contributed by atoms with Gasteiger partial charge in [-0.1, -0.05) is 122 Å². The average molecular weight is 584 g/mol. The molecule has 0 saturated carbocycles. The van der Waals surface area contributed by atoms with Gasteiger partial charge in [-0.25, -0.2) is 4.79 Å². The van der Waals surface area contributed by atoms with E-state index in [-0.39, 0.29) is 24.0 Å². The summed E-state index contributed by atoms with van der Waals surface area (Å²) in [4.78, 5) is 34.2. The predicted molar refractivity (Wildman–Crippen MR) is 165 cm³/mol. The molecule has 2 aromatic rings. The van der Waals surface area contributed by atoms with Crippen molar-refractivity contribution in [3.05, 3.63) is 64.2 Å².